The molecule has 28 heavy (non-hydrogen) atoms. The lowest BCUT2D eigenvalue weighted by Crippen LogP contribution is -2.32. The molecular formula is C21H25N5O2. The third-order valence-electron chi connectivity index (χ3n) is 4.94. The lowest BCUT2D eigenvalue weighted by Gasteiger charge is -2.22. The molecule has 0 fully saturated rings. The summed E-state index contributed by atoms with van der Waals surface area (Å²) in [6, 6.07) is 10.3. The van der Waals surface area contributed by atoms with Gasteiger partial charge in [0.2, 0.25) is 5.91 Å². The zero-order chi connectivity index (χ0) is 19.3. The van der Waals surface area contributed by atoms with Gasteiger partial charge in [0.25, 0.3) is 0 Å². The van der Waals surface area contributed by atoms with Crippen LogP contribution in [0.25, 0.3) is 0 Å². The summed E-state index contributed by atoms with van der Waals surface area (Å²) >= 11 is 0. The number of nitrogens with one attached hydrogen (secondary N) is 1. The van der Waals surface area contributed by atoms with E-state index in [1.165, 1.54) is 11.1 Å². The van der Waals surface area contributed by atoms with Crippen molar-refractivity contribution in [2.75, 3.05) is 13.2 Å². The zero-order valence-corrected chi connectivity index (χ0v) is 16.0. The monoisotopic (exact) mass is 379 g/mol. The van der Waals surface area contributed by atoms with Crippen LogP contribution in [-0.2, 0) is 36.0 Å². The molecule has 1 amide bonds. The van der Waals surface area contributed by atoms with Gasteiger partial charge in [-0.25, -0.2) is 0 Å². The van der Waals surface area contributed by atoms with E-state index in [4.69, 9.17) is 9.84 Å². The molecule has 1 aliphatic rings. The molecule has 0 saturated carbocycles. The number of rotatable bonds is 7. The van der Waals surface area contributed by atoms with Crippen LogP contribution in [0.15, 0.2) is 48.9 Å². The molecule has 2 aromatic heterocycles. The second-order valence-electron chi connectivity index (χ2n) is 7.16. The van der Waals surface area contributed by atoms with E-state index in [-0.39, 0.29) is 12.0 Å². The quantitative estimate of drug-likeness (QED) is 0.682. The van der Waals surface area contributed by atoms with Gasteiger partial charge in [0.15, 0.2) is 0 Å². The molecule has 1 atom stereocenters. The second kappa shape index (κ2) is 8.39. The Bertz CT molecular complexity index is 931. The normalized spacial score (nSPS) is 16.0. The van der Waals surface area contributed by atoms with E-state index in [2.05, 4.69) is 28.7 Å². The maximum atomic E-state index is 12.2. The minimum absolute atomic E-state index is 0.0169. The van der Waals surface area contributed by atoms with Crippen molar-refractivity contribution in [2.24, 2.45) is 7.05 Å². The van der Waals surface area contributed by atoms with Crippen molar-refractivity contribution in [3.05, 3.63) is 71.3 Å². The Morgan fingerprint density at radius 2 is 2.11 bits per heavy atom. The number of aryl methyl sites for hydroxylation is 2. The number of carbonyl (C=O) groups is 1. The Hall–Kier alpha value is -2.93. The standard InChI is InChI=1S/C21H25N5O2/c1-25-13-17(11-23-25)7-8-20(27)22-12-19-21-18(9-10-28-19)15-26(24-21)14-16-5-3-2-4-6-16/h2-6,11,13,15,19H,7-10,12,14H2,1H3,(H,22,27). The summed E-state index contributed by atoms with van der Waals surface area (Å²) in [7, 11) is 1.87. The molecule has 1 N–H and O–H groups in total. The number of hydrogen-bond acceptors (Lipinski definition) is 4. The third kappa shape index (κ3) is 4.48. The predicted molar refractivity (Wildman–Crippen MR) is 105 cm³/mol. The number of nitrogens with zero attached hydrogens (tertiary/aromatic N) is 4. The Kier molecular flexibility index (Phi) is 5.53. The summed E-state index contributed by atoms with van der Waals surface area (Å²) in [5.41, 5.74) is 4.42. The molecule has 1 aromatic carbocycles. The molecule has 7 heteroatoms. The van der Waals surface area contributed by atoms with Gasteiger partial charge in [-0.3, -0.25) is 14.2 Å². The smallest absolute Gasteiger partial charge is 0.220 e. The fourth-order valence-corrected chi connectivity index (χ4v) is 3.49. The highest BCUT2D eigenvalue weighted by molar-refractivity contribution is 5.76. The number of benzene rings is 1. The molecule has 0 saturated heterocycles. The molecule has 0 radical (unpaired) electrons. The highest BCUT2D eigenvalue weighted by Gasteiger charge is 2.25. The van der Waals surface area contributed by atoms with Crippen LogP contribution in [0.5, 0.6) is 0 Å². The van der Waals surface area contributed by atoms with Crippen molar-refractivity contribution < 1.29 is 9.53 Å². The van der Waals surface area contributed by atoms with E-state index in [1.54, 1.807) is 10.9 Å². The molecule has 1 unspecified atom stereocenters. The van der Waals surface area contributed by atoms with Gasteiger partial charge >= 0.3 is 0 Å². The average Bonchev–Trinajstić information content (AvgIpc) is 3.31. The molecule has 0 bridgehead atoms. The second-order valence-corrected chi connectivity index (χ2v) is 7.16. The van der Waals surface area contributed by atoms with Gasteiger partial charge in [-0.15, -0.1) is 0 Å². The number of amides is 1. The van der Waals surface area contributed by atoms with Gasteiger partial charge in [0, 0.05) is 32.4 Å². The first-order valence-electron chi connectivity index (χ1n) is 9.63. The third-order valence-corrected chi connectivity index (χ3v) is 4.94. The van der Waals surface area contributed by atoms with Crippen molar-refractivity contribution in [2.45, 2.75) is 31.9 Å². The summed E-state index contributed by atoms with van der Waals surface area (Å²) in [5, 5.41) is 11.8. The maximum absolute atomic E-state index is 12.2. The summed E-state index contributed by atoms with van der Waals surface area (Å²) in [6.45, 7) is 1.83. The topological polar surface area (TPSA) is 74.0 Å². The Balaban J connectivity index is 1.33. The van der Waals surface area contributed by atoms with Crippen LogP contribution in [0, 0.1) is 0 Å². The first kappa shape index (κ1) is 18.4. The SMILES string of the molecule is Cn1cc(CCC(=O)NCC2OCCc3cn(Cc4ccccc4)nc32)cn1. The largest absolute Gasteiger partial charge is 0.370 e. The predicted octanol–water partition coefficient (Wildman–Crippen LogP) is 2.03. The van der Waals surface area contributed by atoms with Crippen molar-refractivity contribution in [1.29, 1.82) is 0 Å². The average molecular weight is 379 g/mol. The molecule has 146 valence electrons. The lowest BCUT2D eigenvalue weighted by atomic mass is 10.1. The minimum Gasteiger partial charge on any atom is -0.370 e. The lowest BCUT2D eigenvalue weighted by molar-refractivity contribution is -0.121. The molecule has 3 aromatic rings. The summed E-state index contributed by atoms with van der Waals surface area (Å²) in [5.74, 6) is 0.0169. The van der Waals surface area contributed by atoms with Gasteiger partial charge in [0.05, 0.1) is 25.0 Å². The van der Waals surface area contributed by atoms with E-state index >= 15 is 0 Å². The van der Waals surface area contributed by atoms with Crippen LogP contribution in [0.3, 0.4) is 0 Å². The number of hydrogen-bond donors (Lipinski definition) is 1. The number of fused-ring (bicyclic) bond motifs is 1. The van der Waals surface area contributed by atoms with Crippen LogP contribution in [0.1, 0.15) is 34.9 Å². The zero-order valence-electron chi connectivity index (χ0n) is 16.0. The molecule has 3 heterocycles. The Labute approximate surface area is 164 Å². The van der Waals surface area contributed by atoms with Gasteiger partial charge in [-0.05, 0) is 29.5 Å². The molecule has 1 aliphatic heterocycles. The van der Waals surface area contributed by atoms with Crippen molar-refractivity contribution in [3.63, 3.8) is 0 Å². The molecule has 0 spiro atoms. The first-order valence-corrected chi connectivity index (χ1v) is 9.63. The van der Waals surface area contributed by atoms with Crippen molar-refractivity contribution >= 4 is 5.91 Å². The van der Waals surface area contributed by atoms with E-state index in [1.807, 2.05) is 36.1 Å². The molecule has 0 aliphatic carbocycles. The van der Waals surface area contributed by atoms with Gasteiger partial charge < -0.3 is 10.1 Å². The Morgan fingerprint density at radius 1 is 1.25 bits per heavy atom. The fourth-order valence-electron chi connectivity index (χ4n) is 3.49. The number of carbonyl (C=O) groups excluding carboxylic acids is 1. The van der Waals surface area contributed by atoms with Crippen LogP contribution in [0.2, 0.25) is 0 Å². The summed E-state index contributed by atoms with van der Waals surface area (Å²) in [6.07, 6.45) is 7.61. The van der Waals surface area contributed by atoms with Gasteiger partial charge in [-0.2, -0.15) is 10.2 Å². The molecule has 7 nitrogen and oxygen atoms in total. The number of ether oxygens (including phenoxy) is 1. The first-order chi connectivity index (χ1) is 13.7. The fraction of sp³-hybridized carbons (Fsp3) is 0.381. The highest BCUT2D eigenvalue weighted by Crippen LogP contribution is 2.25. The van der Waals surface area contributed by atoms with Crippen molar-refractivity contribution in [1.82, 2.24) is 24.9 Å². The minimum atomic E-state index is -0.192. The summed E-state index contributed by atoms with van der Waals surface area (Å²) in [4.78, 5) is 12.2. The van der Waals surface area contributed by atoms with Gasteiger partial charge in [-0.1, -0.05) is 30.3 Å². The molecule has 4 rings (SSSR count). The maximum Gasteiger partial charge on any atom is 0.220 e. The van der Waals surface area contributed by atoms with E-state index in [0.717, 1.165) is 24.2 Å². The number of aromatic nitrogens is 4. The van der Waals surface area contributed by atoms with Crippen LogP contribution in [0.4, 0.5) is 0 Å². The summed E-state index contributed by atoms with van der Waals surface area (Å²) < 4.78 is 9.59. The highest BCUT2D eigenvalue weighted by atomic mass is 16.5. The van der Waals surface area contributed by atoms with E-state index in [0.29, 0.717) is 26.0 Å². The Morgan fingerprint density at radius 3 is 2.89 bits per heavy atom. The van der Waals surface area contributed by atoms with Crippen LogP contribution >= 0.6 is 0 Å². The molecular weight excluding hydrogens is 354 g/mol. The van der Waals surface area contributed by atoms with Crippen LogP contribution in [-0.4, -0.2) is 38.6 Å². The van der Waals surface area contributed by atoms with E-state index in [9.17, 15) is 4.79 Å². The van der Waals surface area contributed by atoms with Crippen molar-refractivity contribution in [3.8, 4) is 0 Å². The van der Waals surface area contributed by atoms with Gasteiger partial charge in [0.1, 0.15) is 6.10 Å². The van der Waals surface area contributed by atoms with Crippen LogP contribution < -0.4 is 5.32 Å². The van der Waals surface area contributed by atoms with E-state index < -0.39 is 0 Å².